The second-order valence-corrected chi connectivity index (χ2v) is 4.88. The SMILES string of the molecule is CNC(=O)c1cc(NC)cc(C(C)(C)C)c1. The molecule has 0 aliphatic heterocycles. The number of carbonyl (C=O) groups excluding carboxylic acids is 1. The number of carbonyl (C=O) groups is 1. The van der Waals surface area contributed by atoms with Crippen molar-refractivity contribution in [3.8, 4) is 0 Å². The van der Waals surface area contributed by atoms with Gasteiger partial charge in [0.05, 0.1) is 0 Å². The van der Waals surface area contributed by atoms with Crippen LogP contribution in [0.15, 0.2) is 18.2 Å². The van der Waals surface area contributed by atoms with E-state index in [1.165, 1.54) is 0 Å². The predicted octanol–water partition coefficient (Wildman–Crippen LogP) is 2.39. The maximum Gasteiger partial charge on any atom is 0.251 e. The van der Waals surface area contributed by atoms with Gasteiger partial charge in [0.2, 0.25) is 0 Å². The molecule has 0 aliphatic rings. The Morgan fingerprint density at radius 2 is 1.75 bits per heavy atom. The molecule has 2 N–H and O–H groups in total. The topological polar surface area (TPSA) is 41.1 Å². The average Bonchev–Trinajstić information content (AvgIpc) is 2.26. The van der Waals surface area contributed by atoms with Crippen LogP contribution in [0.2, 0.25) is 0 Å². The van der Waals surface area contributed by atoms with E-state index in [1.54, 1.807) is 7.05 Å². The average molecular weight is 220 g/mol. The third kappa shape index (κ3) is 2.75. The van der Waals surface area contributed by atoms with E-state index in [0.717, 1.165) is 11.3 Å². The lowest BCUT2D eigenvalue weighted by Crippen LogP contribution is -2.20. The number of hydrogen-bond acceptors (Lipinski definition) is 2. The molecule has 0 radical (unpaired) electrons. The van der Waals surface area contributed by atoms with E-state index in [0.29, 0.717) is 5.56 Å². The predicted molar refractivity (Wildman–Crippen MR) is 68.1 cm³/mol. The normalized spacial score (nSPS) is 11.1. The molecule has 0 fully saturated rings. The molecule has 1 rings (SSSR count). The van der Waals surface area contributed by atoms with Gasteiger partial charge in [0.1, 0.15) is 0 Å². The summed E-state index contributed by atoms with van der Waals surface area (Å²) < 4.78 is 0. The minimum absolute atomic E-state index is 0.0373. The van der Waals surface area contributed by atoms with E-state index in [4.69, 9.17) is 0 Å². The van der Waals surface area contributed by atoms with Crippen molar-refractivity contribution in [1.29, 1.82) is 0 Å². The lowest BCUT2D eigenvalue weighted by molar-refractivity contribution is 0.0963. The van der Waals surface area contributed by atoms with Gasteiger partial charge in [-0.15, -0.1) is 0 Å². The van der Waals surface area contributed by atoms with Gasteiger partial charge in [-0.1, -0.05) is 20.8 Å². The van der Waals surface area contributed by atoms with Crippen LogP contribution >= 0.6 is 0 Å². The summed E-state index contributed by atoms with van der Waals surface area (Å²) >= 11 is 0. The largest absolute Gasteiger partial charge is 0.388 e. The molecular weight excluding hydrogens is 200 g/mol. The Kier molecular flexibility index (Phi) is 3.58. The van der Waals surface area contributed by atoms with Crippen LogP contribution in [-0.4, -0.2) is 20.0 Å². The van der Waals surface area contributed by atoms with Gasteiger partial charge in [-0.25, -0.2) is 0 Å². The quantitative estimate of drug-likeness (QED) is 0.803. The highest BCUT2D eigenvalue weighted by molar-refractivity contribution is 5.95. The molecule has 0 unspecified atom stereocenters. The lowest BCUT2D eigenvalue weighted by atomic mass is 9.85. The first-order valence-electron chi connectivity index (χ1n) is 5.44. The fraction of sp³-hybridized carbons (Fsp3) is 0.462. The van der Waals surface area contributed by atoms with Crippen LogP contribution in [0, 0.1) is 0 Å². The Morgan fingerprint density at radius 3 is 2.19 bits per heavy atom. The maximum atomic E-state index is 11.6. The van der Waals surface area contributed by atoms with E-state index in [1.807, 2.05) is 19.2 Å². The summed E-state index contributed by atoms with van der Waals surface area (Å²) in [6.45, 7) is 6.40. The Bertz CT molecular complexity index is 391. The number of amides is 1. The zero-order valence-electron chi connectivity index (χ0n) is 10.6. The van der Waals surface area contributed by atoms with Crippen molar-refractivity contribution in [2.45, 2.75) is 26.2 Å². The van der Waals surface area contributed by atoms with Gasteiger partial charge in [0.15, 0.2) is 0 Å². The van der Waals surface area contributed by atoms with Crippen LogP contribution < -0.4 is 10.6 Å². The minimum atomic E-state index is -0.0531. The van der Waals surface area contributed by atoms with Crippen LogP contribution in [0.5, 0.6) is 0 Å². The molecule has 0 spiro atoms. The molecule has 0 atom stereocenters. The first-order valence-corrected chi connectivity index (χ1v) is 5.44. The van der Waals surface area contributed by atoms with E-state index in [-0.39, 0.29) is 11.3 Å². The Morgan fingerprint density at radius 1 is 1.12 bits per heavy atom. The second kappa shape index (κ2) is 4.56. The summed E-state index contributed by atoms with van der Waals surface area (Å²) in [5.74, 6) is -0.0531. The third-order valence-electron chi connectivity index (χ3n) is 2.58. The first-order chi connectivity index (χ1) is 7.38. The van der Waals surface area contributed by atoms with E-state index < -0.39 is 0 Å². The van der Waals surface area contributed by atoms with Crippen molar-refractivity contribution in [1.82, 2.24) is 5.32 Å². The molecule has 1 amide bonds. The van der Waals surface area contributed by atoms with Crippen LogP contribution in [0.4, 0.5) is 5.69 Å². The molecule has 1 aromatic carbocycles. The fourth-order valence-electron chi connectivity index (χ4n) is 1.48. The van der Waals surface area contributed by atoms with Crippen molar-refractivity contribution in [3.05, 3.63) is 29.3 Å². The molecule has 3 nitrogen and oxygen atoms in total. The van der Waals surface area contributed by atoms with Crippen molar-refractivity contribution in [2.24, 2.45) is 0 Å². The second-order valence-electron chi connectivity index (χ2n) is 4.88. The van der Waals surface area contributed by atoms with Gasteiger partial charge in [0.25, 0.3) is 5.91 Å². The van der Waals surface area contributed by atoms with Crippen LogP contribution in [0.3, 0.4) is 0 Å². The van der Waals surface area contributed by atoms with Gasteiger partial charge in [-0.2, -0.15) is 0 Å². The zero-order valence-corrected chi connectivity index (χ0v) is 10.6. The van der Waals surface area contributed by atoms with Crippen molar-refractivity contribution >= 4 is 11.6 Å². The molecular formula is C13H20N2O. The number of nitrogens with one attached hydrogen (secondary N) is 2. The molecule has 0 saturated heterocycles. The summed E-state index contributed by atoms with van der Waals surface area (Å²) in [5, 5.41) is 5.72. The molecule has 88 valence electrons. The lowest BCUT2D eigenvalue weighted by Gasteiger charge is -2.21. The molecule has 0 aliphatic carbocycles. The summed E-state index contributed by atoms with van der Waals surface area (Å²) in [6, 6.07) is 5.88. The highest BCUT2D eigenvalue weighted by Crippen LogP contribution is 2.26. The molecule has 0 saturated carbocycles. The molecule has 0 heterocycles. The van der Waals surface area contributed by atoms with Gasteiger partial charge < -0.3 is 10.6 Å². The van der Waals surface area contributed by atoms with Gasteiger partial charge >= 0.3 is 0 Å². The standard InChI is InChI=1S/C13H20N2O/c1-13(2,3)10-6-9(12(16)15-5)7-11(8-10)14-4/h6-8,14H,1-5H3,(H,15,16). The summed E-state index contributed by atoms with van der Waals surface area (Å²) in [6.07, 6.45) is 0. The smallest absolute Gasteiger partial charge is 0.251 e. The van der Waals surface area contributed by atoms with Crippen LogP contribution in [0.25, 0.3) is 0 Å². The van der Waals surface area contributed by atoms with E-state index in [2.05, 4.69) is 37.5 Å². The number of rotatable bonds is 2. The summed E-state index contributed by atoms with van der Waals surface area (Å²) in [4.78, 5) is 11.6. The van der Waals surface area contributed by atoms with E-state index >= 15 is 0 Å². The first kappa shape index (κ1) is 12.6. The Hall–Kier alpha value is -1.51. The molecule has 16 heavy (non-hydrogen) atoms. The van der Waals surface area contributed by atoms with Crippen LogP contribution in [-0.2, 0) is 5.41 Å². The summed E-state index contributed by atoms with van der Waals surface area (Å²) in [7, 11) is 3.50. The van der Waals surface area contributed by atoms with Crippen LogP contribution in [0.1, 0.15) is 36.7 Å². The summed E-state index contributed by atoms with van der Waals surface area (Å²) in [5.41, 5.74) is 2.85. The third-order valence-corrected chi connectivity index (χ3v) is 2.58. The van der Waals surface area contributed by atoms with Gasteiger partial charge in [-0.05, 0) is 29.2 Å². The molecule has 3 heteroatoms. The molecule has 0 aromatic heterocycles. The number of anilines is 1. The Balaban J connectivity index is 3.27. The zero-order chi connectivity index (χ0) is 12.3. The van der Waals surface area contributed by atoms with Crippen molar-refractivity contribution in [3.63, 3.8) is 0 Å². The minimum Gasteiger partial charge on any atom is -0.388 e. The highest BCUT2D eigenvalue weighted by atomic mass is 16.1. The number of benzene rings is 1. The number of hydrogen-bond donors (Lipinski definition) is 2. The Labute approximate surface area is 97.2 Å². The molecule has 1 aromatic rings. The van der Waals surface area contributed by atoms with Crippen molar-refractivity contribution in [2.75, 3.05) is 19.4 Å². The fourth-order valence-corrected chi connectivity index (χ4v) is 1.48. The highest BCUT2D eigenvalue weighted by Gasteiger charge is 2.16. The van der Waals surface area contributed by atoms with E-state index in [9.17, 15) is 4.79 Å². The maximum absolute atomic E-state index is 11.6. The van der Waals surface area contributed by atoms with Gasteiger partial charge in [-0.3, -0.25) is 4.79 Å². The van der Waals surface area contributed by atoms with Crippen molar-refractivity contribution < 1.29 is 4.79 Å². The monoisotopic (exact) mass is 220 g/mol. The van der Waals surface area contributed by atoms with Gasteiger partial charge in [0, 0.05) is 25.3 Å². The molecule has 0 bridgehead atoms.